The molecule has 1 fully saturated rings. The van der Waals surface area contributed by atoms with Crippen LogP contribution in [0, 0.1) is 0 Å². The Balaban J connectivity index is 1.92. The Morgan fingerprint density at radius 2 is 2.20 bits per heavy atom. The molecule has 0 aromatic heterocycles. The van der Waals surface area contributed by atoms with Crippen molar-refractivity contribution in [2.24, 2.45) is 4.99 Å². The van der Waals surface area contributed by atoms with Crippen molar-refractivity contribution in [2.75, 3.05) is 18.1 Å². The Labute approximate surface area is 134 Å². The lowest BCUT2D eigenvalue weighted by atomic mass is 10.2. The average Bonchev–Trinajstić information content (AvgIpc) is 2.48. The number of aliphatic imine (C=N–C) groups is 1. The number of hydrogen-bond acceptors (Lipinski definition) is 2. The molecule has 1 aromatic rings. The SMILES string of the molecule is CCNC(=NCc1ccc(Br)cc1)NC1CCCSC1. The normalized spacial score (nSPS) is 19.7. The van der Waals surface area contributed by atoms with Crippen molar-refractivity contribution < 1.29 is 0 Å². The van der Waals surface area contributed by atoms with E-state index in [9.17, 15) is 0 Å². The molecule has 1 atom stereocenters. The first-order valence-electron chi connectivity index (χ1n) is 7.15. The lowest BCUT2D eigenvalue weighted by molar-refractivity contribution is 0.582. The Morgan fingerprint density at radius 3 is 2.85 bits per heavy atom. The third kappa shape index (κ3) is 5.37. The van der Waals surface area contributed by atoms with Crippen molar-refractivity contribution in [2.45, 2.75) is 32.4 Å². The van der Waals surface area contributed by atoms with Gasteiger partial charge in [-0.05, 0) is 43.2 Å². The van der Waals surface area contributed by atoms with Crippen LogP contribution in [0.25, 0.3) is 0 Å². The highest BCUT2D eigenvalue weighted by Gasteiger charge is 2.14. The summed E-state index contributed by atoms with van der Waals surface area (Å²) >= 11 is 5.48. The fourth-order valence-electron chi connectivity index (χ4n) is 2.13. The van der Waals surface area contributed by atoms with Crippen LogP contribution >= 0.6 is 27.7 Å². The maximum Gasteiger partial charge on any atom is 0.191 e. The van der Waals surface area contributed by atoms with Crippen molar-refractivity contribution in [1.29, 1.82) is 0 Å². The molecular weight excluding hydrogens is 334 g/mol. The molecule has 2 N–H and O–H groups in total. The molecule has 5 heteroatoms. The lowest BCUT2D eigenvalue weighted by Crippen LogP contribution is -2.45. The summed E-state index contributed by atoms with van der Waals surface area (Å²) in [6.07, 6.45) is 2.55. The van der Waals surface area contributed by atoms with Crippen LogP contribution in [-0.4, -0.2) is 30.1 Å². The molecule has 0 radical (unpaired) electrons. The fourth-order valence-corrected chi connectivity index (χ4v) is 3.46. The molecule has 0 aliphatic carbocycles. The van der Waals surface area contributed by atoms with Crippen LogP contribution in [0.5, 0.6) is 0 Å². The molecule has 0 spiro atoms. The van der Waals surface area contributed by atoms with Gasteiger partial charge in [0, 0.05) is 22.8 Å². The summed E-state index contributed by atoms with van der Waals surface area (Å²) < 4.78 is 1.11. The largest absolute Gasteiger partial charge is 0.357 e. The Hall–Kier alpha value is -0.680. The van der Waals surface area contributed by atoms with Gasteiger partial charge >= 0.3 is 0 Å². The zero-order chi connectivity index (χ0) is 14.2. The minimum Gasteiger partial charge on any atom is -0.357 e. The first-order chi connectivity index (χ1) is 9.78. The summed E-state index contributed by atoms with van der Waals surface area (Å²) in [6.45, 7) is 3.71. The summed E-state index contributed by atoms with van der Waals surface area (Å²) in [5, 5.41) is 6.88. The van der Waals surface area contributed by atoms with Crippen molar-refractivity contribution in [1.82, 2.24) is 10.6 Å². The fraction of sp³-hybridized carbons (Fsp3) is 0.533. The number of rotatable bonds is 4. The van der Waals surface area contributed by atoms with Crippen LogP contribution in [0.15, 0.2) is 33.7 Å². The van der Waals surface area contributed by atoms with Gasteiger partial charge in [0.2, 0.25) is 0 Å². The average molecular weight is 356 g/mol. The monoisotopic (exact) mass is 355 g/mol. The van der Waals surface area contributed by atoms with Crippen LogP contribution in [0.4, 0.5) is 0 Å². The highest BCUT2D eigenvalue weighted by molar-refractivity contribution is 9.10. The van der Waals surface area contributed by atoms with E-state index in [1.54, 1.807) is 0 Å². The van der Waals surface area contributed by atoms with E-state index in [1.807, 2.05) is 11.8 Å². The molecule has 3 nitrogen and oxygen atoms in total. The molecule has 2 rings (SSSR count). The molecule has 1 aliphatic heterocycles. The second-order valence-electron chi connectivity index (χ2n) is 4.88. The molecule has 0 bridgehead atoms. The van der Waals surface area contributed by atoms with Crippen molar-refractivity contribution in [3.63, 3.8) is 0 Å². The summed E-state index contributed by atoms with van der Waals surface area (Å²) in [4.78, 5) is 4.68. The quantitative estimate of drug-likeness (QED) is 0.641. The van der Waals surface area contributed by atoms with Crippen molar-refractivity contribution in [3.05, 3.63) is 34.3 Å². The third-order valence-corrected chi connectivity index (χ3v) is 4.92. The third-order valence-electron chi connectivity index (χ3n) is 3.18. The lowest BCUT2D eigenvalue weighted by Gasteiger charge is -2.24. The molecule has 1 unspecified atom stereocenters. The summed E-state index contributed by atoms with van der Waals surface area (Å²) in [5.74, 6) is 3.41. The standard InChI is InChI=1S/C15H22BrN3S/c1-2-17-15(19-14-4-3-9-20-11-14)18-10-12-5-7-13(16)8-6-12/h5-8,14H,2-4,9-11H2,1H3,(H2,17,18,19). The molecule has 0 amide bonds. The van der Waals surface area contributed by atoms with Gasteiger partial charge < -0.3 is 10.6 Å². The maximum absolute atomic E-state index is 4.68. The maximum atomic E-state index is 4.68. The van der Waals surface area contributed by atoms with Crippen LogP contribution in [0.3, 0.4) is 0 Å². The molecule has 110 valence electrons. The topological polar surface area (TPSA) is 36.4 Å². The molecule has 1 saturated heterocycles. The predicted octanol–water partition coefficient (Wildman–Crippen LogP) is 3.40. The number of nitrogens with one attached hydrogen (secondary N) is 2. The van der Waals surface area contributed by atoms with Crippen LogP contribution in [0.2, 0.25) is 0 Å². The summed E-state index contributed by atoms with van der Waals surface area (Å²) in [6, 6.07) is 8.88. The molecular formula is C15H22BrN3S. The van der Waals surface area contributed by atoms with Gasteiger partial charge in [-0.15, -0.1) is 0 Å². The highest BCUT2D eigenvalue weighted by Crippen LogP contribution is 2.16. The molecule has 0 saturated carbocycles. The number of thioether (sulfide) groups is 1. The van der Waals surface area contributed by atoms with E-state index in [2.05, 4.69) is 62.7 Å². The van der Waals surface area contributed by atoms with E-state index in [4.69, 9.17) is 0 Å². The second-order valence-corrected chi connectivity index (χ2v) is 6.95. The van der Waals surface area contributed by atoms with E-state index in [-0.39, 0.29) is 0 Å². The van der Waals surface area contributed by atoms with Gasteiger partial charge in [-0.2, -0.15) is 11.8 Å². The molecule has 1 aromatic carbocycles. The minimum absolute atomic E-state index is 0.552. The number of nitrogens with zero attached hydrogens (tertiary/aromatic N) is 1. The number of benzene rings is 1. The first kappa shape index (κ1) is 15.7. The number of guanidine groups is 1. The Kier molecular flexibility index (Phi) is 6.73. The number of hydrogen-bond donors (Lipinski definition) is 2. The summed E-state index contributed by atoms with van der Waals surface area (Å²) in [7, 11) is 0. The first-order valence-corrected chi connectivity index (χ1v) is 9.09. The molecule has 1 aliphatic rings. The number of halogens is 1. The predicted molar refractivity (Wildman–Crippen MR) is 92.4 cm³/mol. The van der Waals surface area contributed by atoms with Gasteiger partial charge in [0.05, 0.1) is 6.54 Å². The smallest absolute Gasteiger partial charge is 0.191 e. The van der Waals surface area contributed by atoms with E-state index < -0.39 is 0 Å². The minimum atomic E-state index is 0.552. The van der Waals surface area contributed by atoms with E-state index in [0.717, 1.165) is 17.0 Å². The van der Waals surface area contributed by atoms with Crippen LogP contribution in [0.1, 0.15) is 25.3 Å². The second kappa shape index (κ2) is 8.57. The Bertz CT molecular complexity index is 427. The van der Waals surface area contributed by atoms with Gasteiger partial charge in [-0.25, -0.2) is 4.99 Å². The molecule has 1 heterocycles. The van der Waals surface area contributed by atoms with Gasteiger partial charge in [-0.1, -0.05) is 28.1 Å². The Morgan fingerprint density at radius 1 is 1.40 bits per heavy atom. The van der Waals surface area contributed by atoms with E-state index >= 15 is 0 Å². The zero-order valence-corrected chi connectivity index (χ0v) is 14.3. The summed E-state index contributed by atoms with van der Waals surface area (Å²) in [5.41, 5.74) is 1.23. The van der Waals surface area contributed by atoms with Crippen molar-refractivity contribution in [3.8, 4) is 0 Å². The van der Waals surface area contributed by atoms with E-state index in [0.29, 0.717) is 12.6 Å². The van der Waals surface area contributed by atoms with Gasteiger partial charge in [-0.3, -0.25) is 0 Å². The molecule has 20 heavy (non-hydrogen) atoms. The highest BCUT2D eigenvalue weighted by atomic mass is 79.9. The van der Waals surface area contributed by atoms with Crippen LogP contribution in [-0.2, 0) is 6.54 Å². The van der Waals surface area contributed by atoms with Gasteiger partial charge in [0.25, 0.3) is 0 Å². The zero-order valence-electron chi connectivity index (χ0n) is 11.9. The van der Waals surface area contributed by atoms with E-state index in [1.165, 1.54) is 29.9 Å². The van der Waals surface area contributed by atoms with Gasteiger partial charge in [0.1, 0.15) is 0 Å². The van der Waals surface area contributed by atoms with Crippen molar-refractivity contribution >= 4 is 33.7 Å². The van der Waals surface area contributed by atoms with Crippen LogP contribution < -0.4 is 10.6 Å². The van der Waals surface area contributed by atoms with Gasteiger partial charge in [0.15, 0.2) is 5.96 Å².